The van der Waals surface area contributed by atoms with E-state index in [1.165, 1.54) is 4.90 Å². The van der Waals surface area contributed by atoms with Crippen LogP contribution >= 0.6 is 0 Å². The molecule has 162 valence electrons. The van der Waals surface area contributed by atoms with E-state index in [0.717, 1.165) is 4.90 Å². The minimum Gasteiger partial charge on any atom is -0.339 e. The summed E-state index contributed by atoms with van der Waals surface area (Å²) in [6, 6.07) is 14.2. The quantitative estimate of drug-likeness (QED) is 0.695. The molecule has 5 amide bonds. The van der Waals surface area contributed by atoms with Gasteiger partial charge in [-0.1, -0.05) is 18.2 Å². The van der Waals surface area contributed by atoms with Crippen LogP contribution in [0.4, 0.5) is 16.2 Å². The Morgan fingerprint density at radius 1 is 0.968 bits per heavy atom. The Morgan fingerprint density at radius 2 is 1.58 bits per heavy atom. The Morgan fingerprint density at radius 3 is 2.16 bits per heavy atom. The van der Waals surface area contributed by atoms with Gasteiger partial charge in [-0.15, -0.1) is 0 Å². The summed E-state index contributed by atoms with van der Waals surface area (Å²) in [7, 11) is 0. The maximum Gasteiger partial charge on any atom is 0.332 e. The molecular weight excluding hydrogens is 396 g/mol. The molecule has 0 aromatic heterocycles. The van der Waals surface area contributed by atoms with Gasteiger partial charge in [-0.05, 0) is 57.2 Å². The minimum atomic E-state index is -0.687. The lowest BCUT2D eigenvalue weighted by molar-refractivity contribution is -0.130. The molecular formula is C23H26N4O4. The molecule has 1 unspecified atom stereocenters. The molecule has 1 atom stereocenters. The van der Waals surface area contributed by atoms with Gasteiger partial charge in [-0.2, -0.15) is 0 Å². The number of nitrogens with zero attached hydrogens (tertiary/aromatic N) is 3. The number of amides is 5. The van der Waals surface area contributed by atoms with Crippen LogP contribution in [0.5, 0.6) is 0 Å². The van der Waals surface area contributed by atoms with Crippen LogP contribution in [-0.2, 0) is 9.59 Å². The van der Waals surface area contributed by atoms with Crippen molar-refractivity contribution in [1.29, 1.82) is 0 Å². The van der Waals surface area contributed by atoms with Crippen molar-refractivity contribution in [1.82, 2.24) is 9.80 Å². The highest BCUT2D eigenvalue weighted by molar-refractivity contribution is 6.16. The molecule has 8 nitrogen and oxygen atoms in total. The number of para-hydroxylation sites is 1. The number of benzene rings is 2. The van der Waals surface area contributed by atoms with Gasteiger partial charge in [-0.3, -0.25) is 24.2 Å². The van der Waals surface area contributed by atoms with Crippen LogP contribution < -0.4 is 10.2 Å². The number of nitrogens with one attached hydrogen (secondary N) is 1. The molecule has 2 aromatic rings. The first-order valence-corrected chi connectivity index (χ1v) is 10.3. The van der Waals surface area contributed by atoms with Crippen LogP contribution in [-0.4, -0.2) is 59.2 Å². The lowest BCUT2D eigenvalue weighted by atomic mass is 10.1. The molecule has 2 aromatic carbocycles. The summed E-state index contributed by atoms with van der Waals surface area (Å²) in [5, 5.41) is 2.67. The molecule has 1 aliphatic rings. The monoisotopic (exact) mass is 422 g/mol. The van der Waals surface area contributed by atoms with Crippen molar-refractivity contribution >= 4 is 35.1 Å². The molecule has 0 aliphatic carbocycles. The predicted molar refractivity (Wildman–Crippen MR) is 118 cm³/mol. The van der Waals surface area contributed by atoms with Crippen LogP contribution in [0.2, 0.25) is 0 Å². The number of anilines is 2. The van der Waals surface area contributed by atoms with Gasteiger partial charge in [0, 0.05) is 30.0 Å². The summed E-state index contributed by atoms with van der Waals surface area (Å²) in [4.78, 5) is 54.2. The summed E-state index contributed by atoms with van der Waals surface area (Å²) >= 11 is 0. The molecule has 0 spiro atoms. The van der Waals surface area contributed by atoms with Crippen molar-refractivity contribution in [3.63, 3.8) is 0 Å². The molecule has 1 heterocycles. The van der Waals surface area contributed by atoms with Crippen molar-refractivity contribution in [2.45, 2.75) is 26.8 Å². The van der Waals surface area contributed by atoms with E-state index < -0.39 is 23.9 Å². The normalized spacial score (nSPS) is 15.9. The zero-order chi connectivity index (χ0) is 22.5. The minimum absolute atomic E-state index is 0.0777. The average Bonchev–Trinajstić information content (AvgIpc) is 2.98. The second-order valence-electron chi connectivity index (χ2n) is 7.19. The predicted octanol–water partition coefficient (Wildman–Crippen LogP) is 2.96. The first-order chi connectivity index (χ1) is 14.9. The van der Waals surface area contributed by atoms with Gasteiger partial charge < -0.3 is 10.2 Å². The average molecular weight is 422 g/mol. The first kappa shape index (κ1) is 22.0. The number of imide groups is 1. The number of carbonyl (C=O) groups excluding carboxylic acids is 4. The number of hydrogen-bond donors (Lipinski definition) is 1. The molecule has 1 N–H and O–H groups in total. The number of hydrogen-bond acceptors (Lipinski definition) is 4. The summed E-state index contributed by atoms with van der Waals surface area (Å²) < 4.78 is 0. The van der Waals surface area contributed by atoms with Crippen LogP contribution in [0.25, 0.3) is 0 Å². The van der Waals surface area contributed by atoms with E-state index in [1.54, 1.807) is 60.4 Å². The third-order valence-electron chi connectivity index (χ3n) is 5.25. The highest BCUT2D eigenvalue weighted by atomic mass is 16.2. The zero-order valence-electron chi connectivity index (χ0n) is 17.9. The second-order valence-corrected chi connectivity index (χ2v) is 7.19. The fourth-order valence-electron chi connectivity index (χ4n) is 3.53. The highest BCUT2D eigenvalue weighted by Gasteiger charge is 2.43. The molecule has 1 saturated heterocycles. The maximum absolute atomic E-state index is 12.8. The van der Waals surface area contributed by atoms with Crippen molar-refractivity contribution < 1.29 is 19.2 Å². The molecule has 0 bridgehead atoms. The summed E-state index contributed by atoms with van der Waals surface area (Å²) in [5.74, 6) is -0.998. The fraction of sp³-hybridized carbons (Fsp3) is 0.304. The van der Waals surface area contributed by atoms with E-state index in [0.29, 0.717) is 30.0 Å². The van der Waals surface area contributed by atoms with Gasteiger partial charge in [0.2, 0.25) is 5.91 Å². The number of rotatable bonds is 7. The molecule has 3 rings (SSSR count). The lowest BCUT2D eigenvalue weighted by Crippen LogP contribution is -2.39. The van der Waals surface area contributed by atoms with Gasteiger partial charge in [0.25, 0.3) is 11.8 Å². The van der Waals surface area contributed by atoms with Crippen LogP contribution in [0, 0.1) is 0 Å². The zero-order valence-corrected chi connectivity index (χ0v) is 17.9. The van der Waals surface area contributed by atoms with Gasteiger partial charge in [0.15, 0.2) is 0 Å². The summed E-state index contributed by atoms with van der Waals surface area (Å²) in [6.45, 7) is 6.31. The molecule has 1 fully saturated rings. The van der Waals surface area contributed by atoms with Crippen molar-refractivity contribution in [2.75, 3.05) is 29.9 Å². The fourth-order valence-corrected chi connectivity index (χ4v) is 3.53. The Bertz CT molecular complexity index is 971. The van der Waals surface area contributed by atoms with E-state index in [1.807, 2.05) is 19.9 Å². The van der Waals surface area contributed by atoms with E-state index in [9.17, 15) is 19.2 Å². The molecule has 0 saturated carbocycles. The first-order valence-electron chi connectivity index (χ1n) is 10.3. The van der Waals surface area contributed by atoms with Crippen molar-refractivity contribution in [3.8, 4) is 0 Å². The Hall–Kier alpha value is -3.68. The largest absolute Gasteiger partial charge is 0.339 e. The van der Waals surface area contributed by atoms with Crippen LogP contribution in [0.1, 0.15) is 31.1 Å². The molecule has 8 heteroatoms. The summed E-state index contributed by atoms with van der Waals surface area (Å²) in [5.41, 5.74) is 1.61. The SMILES string of the molecule is CCN(CC)C(=O)c1ccc(NC(=O)CN2C(=O)C(C)N(c3ccccc3)C2=O)cc1. The third kappa shape index (κ3) is 4.58. The van der Waals surface area contributed by atoms with Gasteiger partial charge in [0.05, 0.1) is 0 Å². The Balaban J connectivity index is 1.65. The van der Waals surface area contributed by atoms with E-state index in [4.69, 9.17) is 0 Å². The highest BCUT2D eigenvalue weighted by Crippen LogP contribution is 2.25. The van der Waals surface area contributed by atoms with Gasteiger partial charge in [0.1, 0.15) is 12.6 Å². The molecule has 0 radical (unpaired) electrons. The van der Waals surface area contributed by atoms with Gasteiger partial charge in [-0.25, -0.2) is 4.79 Å². The standard InChI is InChI=1S/C23H26N4O4/c1-4-25(5-2)22(30)17-11-13-18(14-12-17)24-20(28)15-26-21(29)16(3)27(23(26)31)19-9-7-6-8-10-19/h6-14,16H,4-5,15H2,1-3H3,(H,24,28). The van der Waals surface area contributed by atoms with Crippen LogP contribution in [0.15, 0.2) is 54.6 Å². The number of urea groups is 1. The van der Waals surface area contributed by atoms with Gasteiger partial charge >= 0.3 is 6.03 Å². The van der Waals surface area contributed by atoms with E-state index >= 15 is 0 Å². The lowest BCUT2D eigenvalue weighted by Gasteiger charge is -2.19. The number of carbonyl (C=O) groups is 4. The molecule has 1 aliphatic heterocycles. The van der Waals surface area contributed by atoms with E-state index in [-0.39, 0.29) is 12.5 Å². The van der Waals surface area contributed by atoms with Crippen molar-refractivity contribution in [3.05, 3.63) is 60.2 Å². The summed E-state index contributed by atoms with van der Waals surface area (Å²) in [6.07, 6.45) is 0. The Labute approximate surface area is 181 Å². The smallest absolute Gasteiger partial charge is 0.332 e. The topological polar surface area (TPSA) is 90.0 Å². The Kier molecular flexibility index (Phi) is 6.69. The third-order valence-corrected chi connectivity index (χ3v) is 5.25. The second kappa shape index (κ2) is 9.42. The van der Waals surface area contributed by atoms with E-state index in [2.05, 4.69) is 5.32 Å². The van der Waals surface area contributed by atoms with Crippen molar-refractivity contribution in [2.24, 2.45) is 0 Å². The maximum atomic E-state index is 12.8. The van der Waals surface area contributed by atoms with Crippen LogP contribution in [0.3, 0.4) is 0 Å². The molecule has 31 heavy (non-hydrogen) atoms.